The smallest absolute Gasteiger partial charge is 0.296 e. The van der Waals surface area contributed by atoms with Crippen LogP contribution in [0.15, 0.2) is 84.6 Å². The molecule has 0 radical (unpaired) electrons. The first-order valence-electron chi connectivity index (χ1n) is 10.3. The van der Waals surface area contributed by atoms with Crippen molar-refractivity contribution in [2.75, 3.05) is 0 Å². The summed E-state index contributed by atoms with van der Waals surface area (Å²) in [5, 5.41) is 3.72. The van der Waals surface area contributed by atoms with E-state index >= 15 is 0 Å². The van der Waals surface area contributed by atoms with Crippen LogP contribution in [0.4, 0.5) is 8.78 Å². The molecule has 0 spiro atoms. The Kier molecular flexibility index (Phi) is 6.90. The Bertz CT molecular complexity index is 840. The Hall–Kier alpha value is -2.28. The van der Waals surface area contributed by atoms with Crippen LogP contribution in [0.25, 0.3) is 0 Å². The van der Waals surface area contributed by atoms with E-state index in [1.165, 1.54) is 0 Å². The molecule has 0 aromatic heterocycles. The molecule has 0 amide bonds. The Labute approximate surface area is 178 Å². The van der Waals surface area contributed by atoms with Gasteiger partial charge in [0.25, 0.3) is 8.32 Å². The molecule has 1 aliphatic rings. The summed E-state index contributed by atoms with van der Waals surface area (Å²) in [6.45, 7) is 6.56. The summed E-state index contributed by atoms with van der Waals surface area (Å²) >= 11 is 0. The van der Waals surface area contributed by atoms with Gasteiger partial charge in [0.1, 0.15) is 6.17 Å². The van der Waals surface area contributed by atoms with Gasteiger partial charge in [0.15, 0.2) is 0 Å². The number of halogens is 2. The molecule has 6 heteroatoms. The first-order chi connectivity index (χ1) is 14.3. The maximum Gasteiger partial charge on any atom is 0.296 e. The van der Waals surface area contributed by atoms with Gasteiger partial charge < -0.3 is 10.3 Å². The van der Waals surface area contributed by atoms with Crippen LogP contribution in [0.2, 0.25) is 5.04 Å². The van der Waals surface area contributed by atoms with Crippen LogP contribution >= 0.6 is 0 Å². The van der Waals surface area contributed by atoms with Gasteiger partial charge in [-0.2, -0.15) is 0 Å². The number of benzene rings is 2. The van der Waals surface area contributed by atoms with Crippen LogP contribution in [-0.4, -0.2) is 26.0 Å². The molecule has 1 atom stereocenters. The molecule has 0 aliphatic carbocycles. The van der Waals surface area contributed by atoms with Crippen LogP contribution in [0.1, 0.15) is 33.6 Å². The maximum absolute atomic E-state index is 12.8. The van der Waals surface area contributed by atoms with E-state index in [-0.39, 0.29) is 17.9 Å². The van der Waals surface area contributed by atoms with Crippen LogP contribution < -0.4 is 16.1 Å². The number of nitrogens with zero attached hydrogens (tertiary/aromatic N) is 1. The van der Waals surface area contributed by atoms with Crippen molar-refractivity contribution in [2.24, 2.45) is 5.73 Å². The zero-order chi connectivity index (χ0) is 21.8. The third-order valence-electron chi connectivity index (χ3n) is 5.51. The van der Waals surface area contributed by atoms with Gasteiger partial charge in [0, 0.05) is 12.6 Å². The highest BCUT2D eigenvalue weighted by atomic mass is 28.4. The number of hydroxylamine groups is 2. The second-order valence-electron chi connectivity index (χ2n) is 8.57. The summed E-state index contributed by atoms with van der Waals surface area (Å²) in [5.74, 6) is 0. The summed E-state index contributed by atoms with van der Waals surface area (Å²) in [7, 11) is -2.83. The van der Waals surface area contributed by atoms with Crippen LogP contribution in [0.5, 0.6) is 0 Å². The van der Waals surface area contributed by atoms with Gasteiger partial charge >= 0.3 is 0 Å². The summed E-state index contributed by atoms with van der Waals surface area (Å²) in [6.07, 6.45) is 2.52. The normalized spacial score (nSPS) is 17.4. The van der Waals surface area contributed by atoms with E-state index in [4.69, 9.17) is 10.3 Å². The summed E-state index contributed by atoms with van der Waals surface area (Å²) in [5.41, 5.74) is 7.22. The quantitative estimate of drug-likeness (QED) is 0.657. The first-order valence-corrected chi connectivity index (χ1v) is 12.2. The Morgan fingerprint density at radius 1 is 1.00 bits per heavy atom. The van der Waals surface area contributed by atoms with Crippen molar-refractivity contribution in [1.29, 1.82) is 0 Å². The summed E-state index contributed by atoms with van der Waals surface area (Å²) in [4.78, 5) is 0. The first kappa shape index (κ1) is 22.4. The van der Waals surface area contributed by atoms with E-state index in [0.29, 0.717) is 0 Å². The fourth-order valence-electron chi connectivity index (χ4n) is 3.98. The predicted octanol–water partition coefficient (Wildman–Crippen LogP) is 4.56. The summed E-state index contributed by atoms with van der Waals surface area (Å²) < 4.78 is 32.4. The fraction of sp³-hybridized carbons (Fsp3) is 0.333. The zero-order valence-corrected chi connectivity index (χ0v) is 18.8. The van der Waals surface area contributed by atoms with Crippen molar-refractivity contribution in [2.45, 2.75) is 51.2 Å². The van der Waals surface area contributed by atoms with Gasteiger partial charge in [0.05, 0.1) is 0 Å². The molecule has 1 heterocycles. The number of hydrogen-bond donors (Lipinski definition) is 1. The number of hydrogen-bond acceptors (Lipinski definition) is 3. The minimum absolute atomic E-state index is 0.208. The SMILES string of the molecule is CC(C)(C)[Si](ON1C=CC=C(CCC(F)F)C1N)(c1ccccc1)c1ccccc1. The lowest BCUT2D eigenvalue weighted by Crippen LogP contribution is -2.69. The molecule has 2 aromatic rings. The number of allylic oxidation sites excluding steroid dienone is 2. The molecule has 160 valence electrons. The Balaban J connectivity index is 2.04. The molecule has 2 aromatic carbocycles. The molecule has 1 aliphatic heterocycles. The molecule has 3 nitrogen and oxygen atoms in total. The minimum atomic E-state index is -2.83. The van der Waals surface area contributed by atoms with Crippen molar-refractivity contribution in [3.05, 3.63) is 84.6 Å². The lowest BCUT2D eigenvalue weighted by atomic mass is 10.1. The minimum Gasteiger partial charge on any atom is -0.306 e. The van der Waals surface area contributed by atoms with Crippen LogP contribution in [0.3, 0.4) is 0 Å². The average Bonchev–Trinajstić information content (AvgIpc) is 2.72. The van der Waals surface area contributed by atoms with E-state index in [0.717, 1.165) is 15.9 Å². The van der Waals surface area contributed by atoms with E-state index in [1.54, 1.807) is 11.3 Å². The van der Waals surface area contributed by atoms with Gasteiger partial charge in [-0.05, 0) is 33.5 Å². The topological polar surface area (TPSA) is 38.5 Å². The van der Waals surface area contributed by atoms with Gasteiger partial charge in [-0.1, -0.05) is 87.5 Å². The Morgan fingerprint density at radius 3 is 2.00 bits per heavy atom. The molecule has 3 rings (SSSR count). The maximum atomic E-state index is 12.8. The van der Waals surface area contributed by atoms with Gasteiger partial charge in [0.2, 0.25) is 6.43 Å². The third kappa shape index (κ3) is 4.56. The molecule has 30 heavy (non-hydrogen) atoms. The van der Waals surface area contributed by atoms with Crippen molar-refractivity contribution >= 4 is 18.7 Å². The van der Waals surface area contributed by atoms with Gasteiger partial charge in [-0.15, -0.1) is 0 Å². The number of alkyl halides is 2. The highest BCUT2D eigenvalue weighted by molar-refractivity contribution is 6.99. The van der Waals surface area contributed by atoms with Crippen molar-refractivity contribution in [3.8, 4) is 0 Å². The molecule has 2 N–H and O–H groups in total. The average molecular weight is 429 g/mol. The van der Waals surface area contributed by atoms with Crippen LogP contribution in [0, 0.1) is 0 Å². The molecule has 0 fully saturated rings. The molecular weight excluding hydrogens is 398 g/mol. The number of rotatable bonds is 7. The molecule has 0 bridgehead atoms. The lowest BCUT2D eigenvalue weighted by Gasteiger charge is -2.46. The second-order valence-corrected chi connectivity index (χ2v) is 12.8. The fourth-order valence-corrected chi connectivity index (χ4v) is 8.34. The van der Waals surface area contributed by atoms with Gasteiger partial charge in [-0.25, -0.2) is 8.78 Å². The molecule has 1 unspecified atom stereocenters. The third-order valence-corrected chi connectivity index (χ3v) is 10.4. The second kappa shape index (κ2) is 9.25. The van der Waals surface area contributed by atoms with Crippen LogP contribution in [-0.2, 0) is 4.53 Å². The van der Waals surface area contributed by atoms with Gasteiger partial charge in [-0.3, -0.25) is 5.06 Å². The van der Waals surface area contributed by atoms with E-state index in [9.17, 15) is 8.78 Å². The molecule has 0 saturated carbocycles. The zero-order valence-electron chi connectivity index (χ0n) is 17.8. The summed E-state index contributed by atoms with van der Waals surface area (Å²) in [6, 6.07) is 20.5. The Morgan fingerprint density at radius 2 is 1.53 bits per heavy atom. The molecule has 0 saturated heterocycles. The van der Waals surface area contributed by atoms with Crippen molar-refractivity contribution in [1.82, 2.24) is 5.06 Å². The lowest BCUT2D eigenvalue weighted by molar-refractivity contribution is -0.0479. The largest absolute Gasteiger partial charge is 0.306 e. The predicted molar refractivity (Wildman–Crippen MR) is 121 cm³/mol. The standard InChI is InChI=1S/C24H30F2N2OSi/c1-24(2,3)30(20-12-6-4-7-13-20,21-14-8-5-9-15-21)29-28-18-10-11-19(23(28)27)16-17-22(25)26/h4-15,18,22-23H,16-17,27H2,1-3H3. The number of nitrogens with two attached hydrogens (primary N) is 1. The monoisotopic (exact) mass is 428 g/mol. The van der Waals surface area contributed by atoms with E-state index in [1.807, 2.05) is 48.6 Å². The highest BCUT2D eigenvalue weighted by Crippen LogP contribution is 2.38. The molecular formula is C24H30F2N2OSi. The van der Waals surface area contributed by atoms with Crippen molar-refractivity contribution < 1.29 is 13.3 Å². The van der Waals surface area contributed by atoms with Crippen molar-refractivity contribution in [3.63, 3.8) is 0 Å². The van der Waals surface area contributed by atoms with E-state index < -0.39 is 20.9 Å². The highest BCUT2D eigenvalue weighted by Gasteiger charge is 2.52. The van der Waals surface area contributed by atoms with E-state index in [2.05, 4.69) is 45.0 Å².